The minimum Gasteiger partial charge on any atom is -0.457 e. The number of rotatable bonds is 3. The summed E-state index contributed by atoms with van der Waals surface area (Å²) < 4.78 is 5.86. The number of benzene rings is 2. The molecule has 0 unspecified atom stereocenters. The number of anilines is 1. The molecule has 2 aromatic carbocycles. The van der Waals surface area contributed by atoms with E-state index in [9.17, 15) is 9.90 Å². The van der Waals surface area contributed by atoms with E-state index >= 15 is 0 Å². The molecule has 2 amide bonds. The van der Waals surface area contributed by atoms with Crippen molar-refractivity contribution in [1.29, 1.82) is 0 Å². The van der Waals surface area contributed by atoms with E-state index in [1.165, 1.54) is 0 Å². The summed E-state index contributed by atoms with van der Waals surface area (Å²) in [7, 11) is 0. The first-order valence-corrected chi connectivity index (χ1v) is 8.10. The molecule has 5 nitrogen and oxygen atoms in total. The molecule has 1 atom stereocenters. The second-order valence-electron chi connectivity index (χ2n) is 6.27. The van der Waals surface area contributed by atoms with Gasteiger partial charge in [0.05, 0.1) is 6.10 Å². The highest BCUT2D eigenvalue weighted by atomic mass is 16.5. The topological polar surface area (TPSA) is 61.8 Å². The van der Waals surface area contributed by atoms with Crippen LogP contribution < -0.4 is 10.1 Å². The van der Waals surface area contributed by atoms with Crippen molar-refractivity contribution in [1.82, 2.24) is 4.90 Å². The van der Waals surface area contributed by atoms with Crippen LogP contribution >= 0.6 is 0 Å². The van der Waals surface area contributed by atoms with E-state index in [0.29, 0.717) is 25.2 Å². The minimum absolute atomic E-state index is 0.186. The number of aliphatic hydroxyl groups is 1. The zero-order chi connectivity index (χ0) is 17.1. The molecule has 0 saturated carbocycles. The molecule has 0 bridgehead atoms. The van der Waals surface area contributed by atoms with Gasteiger partial charge in [-0.2, -0.15) is 0 Å². The average Bonchev–Trinajstić information content (AvgIpc) is 2.95. The maximum Gasteiger partial charge on any atom is 0.321 e. The molecule has 0 radical (unpaired) electrons. The number of ether oxygens (including phenoxy) is 1. The lowest BCUT2D eigenvalue weighted by atomic mass is 10.1. The van der Waals surface area contributed by atoms with Crippen LogP contribution in [0.15, 0.2) is 42.5 Å². The van der Waals surface area contributed by atoms with E-state index in [1.54, 1.807) is 4.90 Å². The Labute approximate surface area is 141 Å². The zero-order valence-electron chi connectivity index (χ0n) is 14.0. The molecule has 1 aliphatic rings. The number of urea groups is 1. The van der Waals surface area contributed by atoms with Crippen LogP contribution in [0, 0.1) is 13.8 Å². The molecule has 0 aromatic heterocycles. The van der Waals surface area contributed by atoms with Gasteiger partial charge in [0, 0.05) is 18.8 Å². The van der Waals surface area contributed by atoms with Gasteiger partial charge in [0.2, 0.25) is 0 Å². The van der Waals surface area contributed by atoms with Crippen molar-refractivity contribution in [2.45, 2.75) is 26.4 Å². The molecule has 3 rings (SSSR count). The Balaban J connectivity index is 1.62. The van der Waals surface area contributed by atoms with Gasteiger partial charge < -0.3 is 20.1 Å². The Morgan fingerprint density at radius 1 is 1.12 bits per heavy atom. The first kappa shape index (κ1) is 16.3. The van der Waals surface area contributed by atoms with Crippen molar-refractivity contribution < 1.29 is 14.6 Å². The van der Waals surface area contributed by atoms with Crippen LogP contribution in [0.4, 0.5) is 10.5 Å². The fourth-order valence-corrected chi connectivity index (χ4v) is 2.86. The Bertz CT molecular complexity index is 708. The lowest BCUT2D eigenvalue weighted by Gasteiger charge is -2.16. The second kappa shape index (κ2) is 6.93. The van der Waals surface area contributed by atoms with Gasteiger partial charge in [-0.15, -0.1) is 0 Å². The Kier molecular flexibility index (Phi) is 4.71. The maximum atomic E-state index is 12.1. The third kappa shape index (κ3) is 4.06. The summed E-state index contributed by atoms with van der Waals surface area (Å²) in [5, 5.41) is 12.3. The second-order valence-corrected chi connectivity index (χ2v) is 6.27. The number of hydrogen-bond acceptors (Lipinski definition) is 3. The number of carbonyl (C=O) groups excluding carboxylic acids is 1. The lowest BCUT2D eigenvalue weighted by molar-refractivity contribution is 0.176. The number of nitrogens with one attached hydrogen (secondary N) is 1. The van der Waals surface area contributed by atoms with Crippen molar-refractivity contribution in [2.75, 3.05) is 18.4 Å². The van der Waals surface area contributed by atoms with E-state index in [2.05, 4.69) is 11.4 Å². The fourth-order valence-electron chi connectivity index (χ4n) is 2.86. The highest BCUT2D eigenvalue weighted by Crippen LogP contribution is 2.25. The normalized spacial score (nSPS) is 17.0. The summed E-state index contributed by atoms with van der Waals surface area (Å²) in [6.07, 6.45) is 0.222. The van der Waals surface area contributed by atoms with Gasteiger partial charge in [-0.3, -0.25) is 0 Å². The summed E-state index contributed by atoms with van der Waals surface area (Å²) in [4.78, 5) is 13.7. The van der Waals surface area contributed by atoms with Crippen molar-refractivity contribution in [3.8, 4) is 11.5 Å². The van der Waals surface area contributed by atoms with E-state index < -0.39 is 6.10 Å². The number of aliphatic hydroxyl groups excluding tert-OH is 1. The number of hydrogen-bond donors (Lipinski definition) is 2. The van der Waals surface area contributed by atoms with Crippen molar-refractivity contribution in [3.05, 3.63) is 53.6 Å². The highest BCUT2D eigenvalue weighted by molar-refractivity contribution is 5.89. The number of carbonyl (C=O) groups is 1. The molecule has 126 valence electrons. The van der Waals surface area contributed by atoms with Gasteiger partial charge in [0.15, 0.2) is 0 Å². The SMILES string of the molecule is Cc1cc(C)cc(Oc2ccc(NC(=O)N3CC[C@@H](O)C3)cc2)c1. The average molecular weight is 326 g/mol. The number of likely N-dealkylation sites (tertiary alicyclic amines) is 1. The predicted molar refractivity (Wildman–Crippen MR) is 93.6 cm³/mol. The van der Waals surface area contributed by atoms with Crippen LogP contribution in [-0.2, 0) is 0 Å². The quantitative estimate of drug-likeness (QED) is 0.904. The van der Waals surface area contributed by atoms with E-state index in [4.69, 9.17) is 4.74 Å². The fraction of sp³-hybridized carbons (Fsp3) is 0.316. The van der Waals surface area contributed by atoms with Gasteiger partial charge in [-0.25, -0.2) is 4.79 Å². The van der Waals surface area contributed by atoms with E-state index in [1.807, 2.05) is 50.2 Å². The van der Waals surface area contributed by atoms with Gasteiger partial charge in [0.1, 0.15) is 11.5 Å². The largest absolute Gasteiger partial charge is 0.457 e. The molecule has 24 heavy (non-hydrogen) atoms. The van der Waals surface area contributed by atoms with Crippen LogP contribution in [0.1, 0.15) is 17.5 Å². The number of β-amino-alcohol motifs (C(OH)–C–C–N with tert-alkyl or cyclic N) is 1. The van der Waals surface area contributed by atoms with E-state index in [0.717, 1.165) is 22.6 Å². The summed E-state index contributed by atoms with van der Waals surface area (Å²) in [5.41, 5.74) is 3.01. The number of aryl methyl sites for hydroxylation is 2. The van der Waals surface area contributed by atoms with Gasteiger partial charge in [0.25, 0.3) is 0 Å². The van der Waals surface area contributed by atoms with Gasteiger partial charge >= 0.3 is 6.03 Å². The molecule has 1 aliphatic heterocycles. The molecule has 2 aromatic rings. The first-order valence-electron chi connectivity index (χ1n) is 8.10. The van der Waals surface area contributed by atoms with Crippen LogP contribution in [-0.4, -0.2) is 35.2 Å². The minimum atomic E-state index is -0.413. The monoisotopic (exact) mass is 326 g/mol. The number of amides is 2. The van der Waals surface area contributed by atoms with Crippen molar-refractivity contribution >= 4 is 11.7 Å². The molecule has 0 spiro atoms. The molecule has 0 aliphatic carbocycles. The summed E-state index contributed by atoms with van der Waals surface area (Å²) >= 11 is 0. The van der Waals surface area contributed by atoms with Crippen LogP contribution in [0.3, 0.4) is 0 Å². The standard InChI is InChI=1S/C19H22N2O3/c1-13-9-14(2)11-18(10-13)24-17-5-3-15(4-6-17)20-19(23)21-8-7-16(22)12-21/h3-6,9-11,16,22H,7-8,12H2,1-2H3,(H,20,23)/t16-/m1/s1. The Morgan fingerprint density at radius 3 is 2.38 bits per heavy atom. The molecular weight excluding hydrogens is 304 g/mol. The highest BCUT2D eigenvalue weighted by Gasteiger charge is 2.24. The number of nitrogens with zero attached hydrogens (tertiary/aromatic N) is 1. The van der Waals surface area contributed by atoms with Crippen LogP contribution in [0.2, 0.25) is 0 Å². The Hall–Kier alpha value is -2.53. The van der Waals surface area contributed by atoms with Crippen molar-refractivity contribution in [3.63, 3.8) is 0 Å². The molecule has 1 saturated heterocycles. The summed E-state index contributed by atoms with van der Waals surface area (Å²) in [6, 6.07) is 13.2. The van der Waals surface area contributed by atoms with E-state index in [-0.39, 0.29) is 6.03 Å². The van der Waals surface area contributed by atoms with Gasteiger partial charge in [-0.05, 0) is 67.8 Å². The van der Waals surface area contributed by atoms with Crippen LogP contribution in [0.5, 0.6) is 11.5 Å². The van der Waals surface area contributed by atoms with Crippen molar-refractivity contribution in [2.24, 2.45) is 0 Å². The predicted octanol–water partition coefficient (Wildman–Crippen LogP) is 3.69. The molecule has 1 fully saturated rings. The third-order valence-corrected chi connectivity index (χ3v) is 3.99. The zero-order valence-corrected chi connectivity index (χ0v) is 14.0. The van der Waals surface area contributed by atoms with Crippen LogP contribution in [0.25, 0.3) is 0 Å². The first-order chi connectivity index (χ1) is 11.5. The Morgan fingerprint density at radius 2 is 1.79 bits per heavy atom. The smallest absolute Gasteiger partial charge is 0.321 e. The molecule has 5 heteroatoms. The van der Waals surface area contributed by atoms with Gasteiger partial charge in [-0.1, -0.05) is 6.07 Å². The summed E-state index contributed by atoms with van der Waals surface area (Å²) in [5.74, 6) is 1.52. The molecule has 2 N–H and O–H groups in total. The third-order valence-electron chi connectivity index (χ3n) is 3.99. The summed E-state index contributed by atoms with van der Waals surface area (Å²) in [6.45, 7) is 5.04. The molecule has 1 heterocycles. The maximum absolute atomic E-state index is 12.1. The lowest BCUT2D eigenvalue weighted by Crippen LogP contribution is -2.33. The molecular formula is C19H22N2O3.